The Bertz CT molecular complexity index is 610. The van der Waals surface area contributed by atoms with Crippen molar-refractivity contribution in [3.05, 3.63) is 53.3 Å². The van der Waals surface area contributed by atoms with Crippen molar-refractivity contribution in [3.8, 4) is 16.9 Å². The highest BCUT2D eigenvalue weighted by atomic mass is 19.1. The minimum Gasteiger partial charge on any atom is -0.496 e. The summed E-state index contributed by atoms with van der Waals surface area (Å²) in [4.78, 5) is 0. The second kappa shape index (κ2) is 5.02. The fraction of sp³-hybridized carbons (Fsp3) is 0.250. The lowest BCUT2D eigenvalue weighted by molar-refractivity contribution is 0.415. The molecule has 2 nitrogen and oxygen atoms in total. The molecule has 0 saturated carbocycles. The molecule has 2 aromatic rings. The number of hydrogen-bond acceptors (Lipinski definition) is 2. The molecule has 0 radical (unpaired) electrons. The Hall–Kier alpha value is -1.87. The van der Waals surface area contributed by atoms with E-state index in [-0.39, 0.29) is 5.82 Å². The van der Waals surface area contributed by atoms with Gasteiger partial charge in [0, 0.05) is 12.1 Å². The van der Waals surface area contributed by atoms with E-state index in [0.717, 1.165) is 30.6 Å². The van der Waals surface area contributed by atoms with E-state index in [1.165, 1.54) is 17.2 Å². The summed E-state index contributed by atoms with van der Waals surface area (Å²) in [6.45, 7) is 1.84. The van der Waals surface area contributed by atoms with Gasteiger partial charge in [-0.1, -0.05) is 18.2 Å². The number of fused-ring (bicyclic) bond motifs is 1. The van der Waals surface area contributed by atoms with Crippen molar-refractivity contribution in [3.63, 3.8) is 0 Å². The Morgan fingerprint density at radius 3 is 2.89 bits per heavy atom. The van der Waals surface area contributed by atoms with Gasteiger partial charge >= 0.3 is 0 Å². The molecule has 0 fully saturated rings. The third kappa shape index (κ3) is 2.22. The van der Waals surface area contributed by atoms with Crippen LogP contribution in [0.15, 0.2) is 36.4 Å². The number of rotatable bonds is 2. The summed E-state index contributed by atoms with van der Waals surface area (Å²) >= 11 is 0. The molecular weight excluding hydrogens is 241 g/mol. The van der Waals surface area contributed by atoms with Gasteiger partial charge in [0.25, 0.3) is 0 Å². The number of benzene rings is 2. The molecule has 98 valence electrons. The van der Waals surface area contributed by atoms with Gasteiger partial charge in [0.2, 0.25) is 0 Å². The second-order valence-electron chi connectivity index (χ2n) is 4.71. The van der Waals surface area contributed by atoms with Crippen LogP contribution >= 0.6 is 0 Å². The van der Waals surface area contributed by atoms with Crippen LogP contribution in [0.3, 0.4) is 0 Å². The largest absolute Gasteiger partial charge is 0.496 e. The van der Waals surface area contributed by atoms with Gasteiger partial charge in [-0.2, -0.15) is 0 Å². The standard InChI is InChI=1S/C16H16FNO/c1-19-16-6-5-12(17)9-15(16)14-4-2-3-11-10-18-8-7-13(11)14/h2-6,9,18H,7-8,10H2,1H3. The van der Waals surface area contributed by atoms with Crippen LogP contribution in [0.2, 0.25) is 0 Å². The molecule has 0 amide bonds. The van der Waals surface area contributed by atoms with Crippen LogP contribution < -0.4 is 10.1 Å². The molecule has 2 aromatic carbocycles. The van der Waals surface area contributed by atoms with Crippen molar-refractivity contribution in [2.75, 3.05) is 13.7 Å². The molecular formula is C16H16FNO. The van der Waals surface area contributed by atoms with E-state index in [2.05, 4.69) is 11.4 Å². The van der Waals surface area contributed by atoms with Crippen molar-refractivity contribution >= 4 is 0 Å². The van der Waals surface area contributed by atoms with E-state index in [4.69, 9.17) is 4.74 Å². The number of methoxy groups -OCH3 is 1. The van der Waals surface area contributed by atoms with E-state index < -0.39 is 0 Å². The lowest BCUT2D eigenvalue weighted by atomic mass is 9.91. The van der Waals surface area contributed by atoms with Crippen molar-refractivity contribution in [1.82, 2.24) is 5.32 Å². The van der Waals surface area contributed by atoms with E-state index in [1.54, 1.807) is 19.2 Å². The third-order valence-electron chi connectivity index (χ3n) is 3.59. The normalized spacial score (nSPS) is 14.0. The van der Waals surface area contributed by atoms with Crippen molar-refractivity contribution < 1.29 is 9.13 Å². The van der Waals surface area contributed by atoms with Gasteiger partial charge in [-0.05, 0) is 47.9 Å². The monoisotopic (exact) mass is 257 g/mol. The van der Waals surface area contributed by atoms with Crippen LogP contribution in [0.25, 0.3) is 11.1 Å². The lowest BCUT2D eigenvalue weighted by Crippen LogP contribution is -2.24. The molecule has 1 aliphatic heterocycles. The molecule has 0 aliphatic carbocycles. The summed E-state index contributed by atoms with van der Waals surface area (Å²) < 4.78 is 18.9. The van der Waals surface area contributed by atoms with Gasteiger partial charge in [-0.3, -0.25) is 0 Å². The molecule has 3 rings (SSSR count). The van der Waals surface area contributed by atoms with Crippen LogP contribution in [-0.2, 0) is 13.0 Å². The molecule has 0 aromatic heterocycles. The van der Waals surface area contributed by atoms with Gasteiger partial charge in [0.1, 0.15) is 11.6 Å². The van der Waals surface area contributed by atoms with Crippen LogP contribution in [0, 0.1) is 5.82 Å². The predicted octanol–water partition coefficient (Wildman–Crippen LogP) is 3.15. The first kappa shape index (κ1) is 12.2. The van der Waals surface area contributed by atoms with Crippen molar-refractivity contribution in [2.24, 2.45) is 0 Å². The molecule has 1 N–H and O–H groups in total. The summed E-state index contributed by atoms with van der Waals surface area (Å²) in [5.74, 6) is 0.482. The summed E-state index contributed by atoms with van der Waals surface area (Å²) in [5.41, 5.74) is 4.50. The van der Waals surface area contributed by atoms with Gasteiger partial charge in [-0.25, -0.2) is 4.39 Å². The van der Waals surface area contributed by atoms with Crippen molar-refractivity contribution in [1.29, 1.82) is 0 Å². The summed E-state index contributed by atoms with van der Waals surface area (Å²) in [5, 5.41) is 3.35. The Balaban J connectivity index is 2.19. The maximum absolute atomic E-state index is 13.5. The Labute approximate surface area is 112 Å². The zero-order valence-electron chi connectivity index (χ0n) is 10.9. The maximum atomic E-state index is 13.5. The van der Waals surface area contributed by atoms with Gasteiger partial charge in [0.05, 0.1) is 7.11 Å². The van der Waals surface area contributed by atoms with Crippen molar-refractivity contribution in [2.45, 2.75) is 13.0 Å². The third-order valence-corrected chi connectivity index (χ3v) is 3.59. The van der Waals surface area contributed by atoms with Crippen LogP contribution in [0.5, 0.6) is 5.75 Å². The molecule has 0 saturated heterocycles. The Morgan fingerprint density at radius 1 is 1.16 bits per heavy atom. The Morgan fingerprint density at radius 2 is 2.05 bits per heavy atom. The molecule has 1 aliphatic rings. The Kier molecular flexibility index (Phi) is 3.22. The lowest BCUT2D eigenvalue weighted by Gasteiger charge is -2.21. The van der Waals surface area contributed by atoms with Crippen LogP contribution in [-0.4, -0.2) is 13.7 Å². The van der Waals surface area contributed by atoms with E-state index in [9.17, 15) is 4.39 Å². The van der Waals surface area contributed by atoms with Gasteiger partial charge in [0.15, 0.2) is 0 Å². The summed E-state index contributed by atoms with van der Waals surface area (Å²) in [7, 11) is 1.62. The maximum Gasteiger partial charge on any atom is 0.126 e. The first-order chi connectivity index (χ1) is 9.29. The first-order valence-electron chi connectivity index (χ1n) is 6.45. The quantitative estimate of drug-likeness (QED) is 0.892. The number of ether oxygens (including phenoxy) is 1. The van der Waals surface area contributed by atoms with E-state index in [1.807, 2.05) is 12.1 Å². The summed E-state index contributed by atoms with van der Waals surface area (Å²) in [6.07, 6.45) is 0.963. The average Bonchev–Trinajstić information content (AvgIpc) is 2.46. The van der Waals surface area contributed by atoms with Gasteiger partial charge in [-0.15, -0.1) is 0 Å². The average molecular weight is 257 g/mol. The molecule has 0 atom stereocenters. The van der Waals surface area contributed by atoms with E-state index >= 15 is 0 Å². The number of hydrogen-bond donors (Lipinski definition) is 1. The molecule has 19 heavy (non-hydrogen) atoms. The smallest absolute Gasteiger partial charge is 0.126 e. The molecule has 0 unspecified atom stereocenters. The molecule has 3 heteroatoms. The highest BCUT2D eigenvalue weighted by Gasteiger charge is 2.16. The molecule has 1 heterocycles. The first-order valence-corrected chi connectivity index (χ1v) is 6.45. The van der Waals surface area contributed by atoms with E-state index in [0.29, 0.717) is 5.75 Å². The summed E-state index contributed by atoms with van der Waals surface area (Å²) in [6, 6.07) is 10.9. The van der Waals surface area contributed by atoms with Crippen LogP contribution in [0.4, 0.5) is 4.39 Å². The molecule has 0 bridgehead atoms. The van der Waals surface area contributed by atoms with Gasteiger partial charge < -0.3 is 10.1 Å². The topological polar surface area (TPSA) is 21.3 Å². The number of halogens is 1. The highest BCUT2D eigenvalue weighted by molar-refractivity contribution is 5.74. The SMILES string of the molecule is COc1ccc(F)cc1-c1cccc2c1CCNC2. The minimum absolute atomic E-state index is 0.234. The van der Waals surface area contributed by atoms with Crippen LogP contribution in [0.1, 0.15) is 11.1 Å². The zero-order chi connectivity index (χ0) is 13.2. The highest BCUT2D eigenvalue weighted by Crippen LogP contribution is 2.35. The second-order valence-corrected chi connectivity index (χ2v) is 4.71. The minimum atomic E-state index is -0.234. The zero-order valence-corrected chi connectivity index (χ0v) is 10.9. The molecule has 0 spiro atoms. The fourth-order valence-electron chi connectivity index (χ4n) is 2.67. The number of nitrogens with one attached hydrogen (secondary N) is 1. The fourth-order valence-corrected chi connectivity index (χ4v) is 2.67. The predicted molar refractivity (Wildman–Crippen MR) is 73.8 cm³/mol.